The van der Waals surface area contributed by atoms with Crippen molar-refractivity contribution < 1.29 is 19.1 Å². The third kappa shape index (κ3) is 6.21. The van der Waals surface area contributed by atoms with Crippen LogP contribution in [0.5, 0.6) is 0 Å². The summed E-state index contributed by atoms with van der Waals surface area (Å²) in [6.45, 7) is 7.04. The molecule has 1 aliphatic carbocycles. The monoisotopic (exact) mass is 346 g/mol. The van der Waals surface area contributed by atoms with E-state index in [-0.39, 0.29) is 12.5 Å². The lowest BCUT2D eigenvalue weighted by atomic mass is 10.1. The highest BCUT2D eigenvalue weighted by atomic mass is 16.6. The van der Waals surface area contributed by atoms with Crippen LogP contribution in [0.3, 0.4) is 0 Å². The molecular weight excluding hydrogens is 320 g/mol. The zero-order valence-corrected chi connectivity index (χ0v) is 15.2. The molecule has 0 aliphatic heterocycles. The van der Waals surface area contributed by atoms with Crippen LogP contribution in [0, 0.1) is 5.92 Å². The highest BCUT2D eigenvalue weighted by Gasteiger charge is 2.27. The zero-order valence-electron chi connectivity index (χ0n) is 15.2. The average Bonchev–Trinajstić information content (AvgIpc) is 3.34. The van der Waals surface area contributed by atoms with Gasteiger partial charge in [-0.15, -0.1) is 0 Å². The second-order valence-corrected chi connectivity index (χ2v) is 7.42. The number of amides is 2. The predicted molar refractivity (Wildman–Crippen MR) is 93.8 cm³/mol. The average molecular weight is 346 g/mol. The normalized spacial score (nSPS) is 15.2. The maximum atomic E-state index is 12.1. The number of carbonyl (C=O) groups is 3. The first kappa shape index (κ1) is 19.0. The molecule has 0 bridgehead atoms. The number of nitrogens with one attached hydrogen (secondary N) is 2. The van der Waals surface area contributed by atoms with Gasteiger partial charge in [-0.2, -0.15) is 0 Å². The van der Waals surface area contributed by atoms with Crippen LogP contribution in [0.15, 0.2) is 24.3 Å². The van der Waals surface area contributed by atoms with Gasteiger partial charge in [0.2, 0.25) is 5.91 Å². The van der Waals surface area contributed by atoms with Gasteiger partial charge >= 0.3 is 5.97 Å². The second kappa shape index (κ2) is 7.68. The molecule has 1 atom stereocenters. The minimum absolute atomic E-state index is 0.0993. The van der Waals surface area contributed by atoms with E-state index in [9.17, 15) is 14.4 Å². The van der Waals surface area contributed by atoms with Crippen molar-refractivity contribution in [2.75, 3.05) is 0 Å². The molecule has 1 fully saturated rings. The lowest BCUT2D eigenvalue weighted by Gasteiger charge is -2.22. The van der Waals surface area contributed by atoms with Crippen molar-refractivity contribution in [3.63, 3.8) is 0 Å². The Bertz CT molecular complexity index is 660. The van der Waals surface area contributed by atoms with E-state index in [1.54, 1.807) is 39.0 Å². The van der Waals surface area contributed by atoms with Gasteiger partial charge in [0.15, 0.2) is 0 Å². The summed E-state index contributed by atoms with van der Waals surface area (Å²) < 4.78 is 5.21. The molecule has 2 rings (SSSR count). The standard InChI is InChI=1S/C19H26N2O4/c1-12(18(24)25-19(2,3)4)16(22)20-11-13-6-5-7-14(10-13)17(23)21-15-8-9-15/h5-7,10,12,15H,8-9,11H2,1-4H3,(H,20,22)(H,21,23). The van der Waals surface area contributed by atoms with E-state index in [0.29, 0.717) is 11.6 Å². The van der Waals surface area contributed by atoms with Crippen molar-refractivity contribution >= 4 is 17.8 Å². The number of hydrogen-bond donors (Lipinski definition) is 2. The summed E-state index contributed by atoms with van der Waals surface area (Å²) in [6, 6.07) is 7.39. The Balaban J connectivity index is 1.88. The number of esters is 1. The summed E-state index contributed by atoms with van der Waals surface area (Å²) in [6.07, 6.45) is 2.06. The van der Waals surface area contributed by atoms with Crippen molar-refractivity contribution in [1.82, 2.24) is 10.6 Å². The van der Waals surface area contributed by atoms with Gasteiger partial charge < -0.3 is 15.4 Å². The fourth-order valence-electron chi connectivity index (χ4n) is 2.16. The minimum Gasteiger partial charge on any atom is -0.459 e. The molecule has 1 saturated carbocycles. The summed E-state index contributed by atoms with van der Waals surface area (Å²) >= 11 is 0. The largest absolute Gasteiger partial charge is 0.459 e. The van der Waals surface area contributed by atoms with E-state index < -0.39 is 23.4 Å². The SMILES string of the molecule is CC(C(=O)NCc1cccc(C(=O)NC2CC2)c1)C(=O)OC(C)(C)C. The molecule has 1 aliphatic rings. The predicted octanol–water partition coefficient (Wildman–Crippen LogP) is 2.17. The number of benzene rings is 1. The Morgan fingerprint density at radius 3 is 2.52 bits per heavy atom. The molecule has 0 aromatic heterocycles. The molecule has 1 aromatic carbocycles. The van der Waals surface area contributed by atoms with Gasteiger partial charge in [-0.3, -0.25) is 14.4 Å². The highest BCUT2D eigenvalue weighted by molar-refractivity contribution is 5.97. The van der Waals surface area contributed by atoms with Crippen LogP contribution in [-0.2, 0) is 20.9 Å². The van der Waals surface area contributed by atoms with Crippen molar-refractivity contribution in [3.8, 4) is 0 Å². The number of hydrogen-bond acceptors (Lipinski definition) is 4. The third-order valence-corrected chi connectivity index (χ3v) is 3.72. The first-order valence-electron chi connectivity index (χ1n) is 8.56. The molecule has 0 radical (unpaired) electrons. The second-order valence-electron chi connectivity index (χ2n) is 7.42. The van der Waals surface area contributed by atoms with Crippen LogP contribution >= 0.6 is 0 Å². The van der Waals surface area contributed by atoms with Gasteiger partial charge in [0, 0.05) is 18.2 Å². The molecule has 6 heteroatoms. The molecule has 0 heterocycles. The fourth-order valence-corrected chi connectivity index (χ4v) is 2.16. The van der Waals surface area contributed by atoms with Crippen LogP contribution in [0.2, 0.25) is 0 Å². The molecule has 2 amide bonds. The number of carbonyl (C=O) groups excluding carboxylic acids is 3. The van der Waals surface area contributed by atoms with E-state index in [2.05, 4.69) is 10.6 Å². The van der Waals surface area contributed by atoms with Gasteiger partial charge in [0.25, 0.3) is 5.91 Å². The molecule has 2 N–H and O–H groups in total. The zero-order chi connectivity index (χ0) is 18.6. The topological polar surface area (TPSA) is 84.5 Å². The molecular formula is C19H26N2O4. The van der Waals surface area contributed by atoms with Crippen molar-refractivity contribution in [1.29, 1.82) is 0 Å². The molecule has 0 spiro atoms. The smallest absolute Gasteiger partial charge is 0.318 e. The van der Waals surface area contributed by atoms with Gasteiger partial charge in [-0.05, 0) is 58.2 Å². The summed E-state index contributed by atoms with van der Waals surface area (Å²) in [5.74, 6) is -1.94. The number of rotatable bonds is 6. The maximum Gasteiger partial charge on any atom is 0.318 e. The van der Waals surface area contributed by atoms with Crippen LogP contribution < -0.4 is 10.6 Å². The lowest BCUT2D eigenvalue weighted by Crippen LogP contribution is -2.37. The van der Waals surface area contributed by atoms with E-state index in [0.717, 1.165) is 18.4 Å². The quantitative estimate of drug-likeness (QED) is 0.611. The molecule has 0 saturated heterocycles. The molecule has 136 valence electrons. The Labute approximate surface area is 148 Å². The van der Waals surface area contributed by atoms with Crippen LogP contribution in [0.1, 0.15) is 56.5 Å². The van der Waals surface area contributed by atoms with Gasteiger partial charge in [-0.1, -0.05) is 12.1 Å². The van der Waals surface area contributed by atoms with Crippen LogP contribution in [-0.4, -0.2) is 29.4 Å². The molecule has 6 nitrogen and oxygen atoms in total. The molecule has 1 unspecified atom stereocenters. The highest BCUT2D eigenvalue weighted by Crippen LogP contribution is 2.19. The Hall–Kier alpha value is -2.37. The molecule has 1 aromatic rings. The Morgan fingerprint density at radius 1 is 1.24 bits per heavy atom. The first-order valence-corrected chi connectivity index (χ1v) is 8.56. The summed E-state index contributed by atoms with van der Waals surface area (Å²) in [4.78, 5) is 36.1. The third-order valence-electron chi connectivity index (χ3n) is 3.72. The fraction of sp³-hybridized carbons (Fsp3) is 0.526. The van der Waals surface area contributed by atoms with Gasteiger partial charge in [0.05, 0.1) is 0 Å². The summed E-state index contributed by atoms with van der Waals surface area (Å²) in [5.41, 5.74) is 0.738. The van der Waals surface area contributed by atoms with Gasteiger partial charge in [0.1, 0.15) is 11.5 Å². The summed E-state index contributed by atoms with van der Waals surface area (Å²) in [5, 5.41) is 5.64. The van der Waals surface area contributed by atoms with Crippen molar-refractivity contribution in [3.05, 3.63) is 35.4 Å². The number of ether oxygens (including phenoxy) is 1. The van der Waals surface area contributed by atoms with Crippen LogP contribution in [0.4, 0.5) is 0 Å². The Morgan fingerprint density at radius 2 is 1.92 bits per heavy atom. The maximum absolute atomic E-state index is 12.1. The Kier molecular flexibility index (Phi) is 5.82. The van der Waals surface area contributed by atoms with E-state index >= 15 is 0 Å². The van der Waals surface area contributed by atoms with E-state index in [1.165, 1.54) is 6.92 Å². The lowest BCUT2D eigenvalue weighted by molar-refractivity contribution is -0.161. The van der Waals surface area contributed by atoms with E-state index in [4.69, 9.17) is 4.74 Å². The molecule has 25 heavy (non-hydrogen) atoms. The van der Waals surface area contributed by atoms with Crippen molar-refractivity contribution in [2.45, 2.75) is 58.7 Å². The van der Waals surface area contributed by atoms with Gasteiger partial charge in [-0.25, -0.2) is 0 Å². The van der Waals surface area contributed by atoms with Crippen molar-refractivity contribution in [2.24, 2.45) is 5.92 Å². The van der Waals surface area contributed by atoms with Crippen LogP contribution in [0.25, 0.3) is 0 Å². The minimum atomic E-state index is -0.888. The first-order chi connectivity index (χ1) is 11.7. The summed E-state index contributed by atoms with van der Waals surface area (Å²) in [7, 11) is 0. The van der Waals surface area contributed by atoms with E-state index in [1.807, 2.05) is 6.07 Å².